The van der Waals surface area contributed by atoms with E-state index in [4.69, 9.17) is 0 Å². The van der Waals surface area contributed by atoms with Gasteiger partial charge in [-0.25, -0.2) is 0 Å². The molecule has 0 aliphatic heterocycles. The van der Waals surface area contributed by atoms with E-state index in [1.165, 1.54) is 49.7 Å². The Labute approximate surface area is 319 Å². The molecule has 0 spiro atoms. The van der Waals surface area contributed by atoms with Gasteiger partial charge in [0.2, 0.25) is 0 Å². The average Bonchev–Trinajstić information content (AvgIpc) is 3.21. The van der Waals surface area contributed by atoms with Crippen LogP contribution in [0.25, 0.3) is 34.1 Å². The predicted molar refractivity (Wildman–Crippen MR) is 233 cm³/mol. The first-order chi connectivity index (χ1) is 26.4. The lowest BCUT2D eigenvalue weighted by atomic mass is 9.94. The molecule has 0 bridgehead atoms. The van der Waals surface area contributed by atoms with E-state index in [1.807, 2.05) is 0 Å². The first kappa shape index (κ1) is 34.4. The summed E-state index contributed by atoms with van der Waals surface area (Å²) >= 11 is 0. The molecule has 0 fully saturated rings. The minimum absolute atomic E-state index is 1.13. The van der Waals surface area contributed by atoms with Crippen molar-refractivity contribution >= 4 is 57.0 Å². The summed E-state index contributed by atoms with van der Waals surface area (Å²) < 4.78 is 0. The van der Waals surface area contributed by atoms with Crippen LogP contribution in [0, 0.1) is 27.7 Å². The molecule has 0 saturated heterocycles. The van der Waals surface area contributed by atoms with E-state index in [2.05, 4.69) is 232 Å². The highest BCUT2D eigenvalue weighted by Gasteiger charge is 2.15. The summed E-state index contributed by atoms with van der Waals surface area (Å²) in [4.78, 5) is 4.64. The zero-order chi connectivity index (χ0) is 37.0. The molecule has 8 rings (SSSR count). The van der Waals surface area contributed by atoms with Crippen LogP contribution in [0.15, 0.2) is 182 Å². The lowest BCUT2D eigenvalue weighted by molar-refractivity contribution is 1.27. The third kappa shape index (κ3) is 7.33. The van der Waals surface area contributed by atoms with Gasteiger partial charge in [-0.3, -0.25) is 0 Å². The van der Waals surface area contributed by atoms with Crippen molar-refractivity contribution in [2.45, 2.75) is 27.7 Å². The number of benzene rings is 8. The van der Waals surface area contributed by atoms with Gasteiger partial charge >= 0.3 is 0 Å². The molecule has 0 N–H and O–H groups in total. The van der Waals surface area contributed by atoms with Gasteiger partial charge in [-0.2, -0.15) is 0 Å². The Kier molecular flexibility index (Phi) is 9.66. The Morgan fingerprint density at radius 3 is 1.07 bits per heavy atom. The third-order valence-electron chi connectivity index (χ3n) is 10.2. The van der Waals surface area contributed by atoms with E-state index in [1.54, 1.807) is 0 Å². The molecule has 0 amide bonds. The highest BCUT2D eigenvalue weighted by Crippen LogP contribution is 2.38. The van der Waals surface area contributed by atoms with Gasteiger partial charge in [0.25, 0.3) is 0 Å². The smallest absolute Gasteiger partial charge is 0.0462 e. The summed E-state index contributed by atoms with van der Waals surface area (Å²) in [5.74, 6) is 0. The van der Waals surface area contributed by atoms with Crippen molar-refractivity contribution in [3.63, 3.8) is 0 Å². The van der Waals surface area contributed by atoms with Crippen molar-refractivity contribution in [3.8, 4) is 11.1 Å². The molecule has 0 radical (unpaired) electrons. The van der Waals surface area contributed by atoms with Crippen molar-refractivity contribution in [2.24, 2.45) is 0 Å². The molecule has 262 valence electrons. The van der Waals surface area contributed by atoms with Crippen LogP contribution in [0.1, 0.15) is 33.4 Å². The van der Waals surface area contributed by atoms with Gasteiger partial charge < -0.3 is 9.80 Å². The summed E-state index contributed by atoms with van der Waals surface area (Å²) in [7, 11) is 0. The molecular formula is C52H44N2. The topological polar surface area (TPSA) is 6.48 Å². The monoisotopic (exact) mass is 696 g/mol. The largest absolute Gasteiger partial charge is 0.311 e. The Bertz CT molecular complexity index is 2440. The maximum atomic E-state index is 2.32. The molecule has 0 saturated carbocycles. The van der Waals surface area contributed by atoms with Gasteiger partial charge in [0.1, 0.15) is 0 Å². The van der Waals surface area contributed by atoms with E-state index >= 15 is 0 Å². The fourth-order valence-corrected chi connectivity index (χ4v) is 7.10. The lowest BCUT2D eigenvalue weighted by Crippen LogP contribution is -2.09. The van der Waals surface area contributed by atoms with Crippen LogP contribution in [0.3, 0.4) is 0 Å². The minimum Gasteiger partial charge on any atom is -0.311 e. The molecule has 8 aromatic rings. The first-order valence-corrected chi connectivity index (χ1v) is 18.7. The average molecular weight is 697 g/mol. The quantitative estimate of drug-likeness (QED) is 0.139. The Balaban J connectivity index is 1.07. The molecule has 0 heterocycles. The Morgan fingerprint density at radius 2 is 0.667 bits per heavy atom. The molecular weight excluding hydrogens is 653 g/mol. The maximum Gasteiger partial charge on any atom is 0.0462 e. The standard InChI is InChI=1S/C52H44N2/c1-37-9-24-44(25-10-37)53(45-26-11-38(2)12-27-45)48-32-18-41(19-33-48)17-20-42-23-36-51(52-8-6-5-7-50(42)52)43-21-34-49(35-22-43)54(46-28-13-39(3)14-29-46)47-30-15-40(4)16-31-47/h5-36H,1-4H3/b20-17+. The fraction of sp³-hybridized carbons (Fsp3) is 0.0769. The number of anilines is 6. The van der Waals surface area contributed by atoms with Gasteiger partial charge in [-0.1, -0.05) is 144 Å². The van der Waals surface area contributed by atoms with Crippen LogP contribution in [0.2, 0.25) is 0 Å². The molecule has 0 atom stereocenters. The van der Waals surface area contributed by atoms with Gasteiger partial charge in [0, 0.05) is 34.1 Å². The van der Waals surface area contributed by atoms with E-state index in [0.29, 0.717) is 0 Å². The van der Waals surface area contributed by atoms with Crippen LogP contribution >= 0.6 is 0 Å². The number of rotatable bonds is 9. The zero-order valence-corrected chi connectivity index (χ0v) is 31.4. The zero-order valence-electron chi connectivity index (χ0n) is 31.4. The predicted octanol–water partition coefficient (Wildman–Crippen LogP) is 14.9. The van der Waals surface area contributed by atoms with Gasteiger partial charge in [0.15, 0.2) is 0 Å². The lowest BCUT2D eigenvalue weighted by Gasteiger charge is -2.26. The second-order valence-electron chi connectivity index (χ2n) is 14.2. The molecule has 8 aromatic carbocycles. The number of hydrogen-bond acceptors (Lipinski definition) is 2. The molecule has 2 nitrogen and oxygen atoms in total. The normalized spacial score (nSPS) is 11.3. The third-order valence-corrected chi connectivity index (χ3v) is 10.2. The fourth-order valence-electron chi connectivity index (χ4n) is 7.10. The number of nitrogens with zero attached hydrogens (tertiary/aromatic N) is 2. The van der Waals surface area contributed by atoms with E-state index in [9.17, 15) is 0 Å². The maximum absolute atomic E-state index is 2.32. The van der Waals surface area contributed by atoms with Crippen LogP contribution in [-0.2, 0) is 0 Å². The van der Waals surface area contributed by atoms with Crippen LogP contribution in [0.4, 0.5) is 34.1 Å². The number of fused-ring (bicyclic) bond motifs is 1. The van der Waals surface area contributed by atoms with Crippen LogP contribution in [0.5, 0.6) is 0 Å². The van der Waals surface area contributed by atoms with Crippen LogP contribution < -0.4 is 9.80 Å². The summed E-state index contributed by atoms with van der Waals surface area (Å²) in [5, 5.41) is 2.47. The SMILES string of the molecule is Cc1ccc(N(c2ccc(C)cc2)c2ccc(/C=C/c3ccc(-c4ccc(N(c5ccc(C)cc5)c5ccc(C)cc5)cc4)c4ccccc34)cc2)cc1. The van der Waals surface area contributed by atoms with Gasteiger partial charge in [-0.05, 0) is 134 Å². The van der Waals surface area contributed by atoms with Crippen molar-refractivity contribution < 1.29 is 0 Å². The minimum atomic E-state index is 1.13. The Hall–Kier alpha value is -6.64. The first-order valence-electron chi connectivity index (χ1n) is 18.7. The van der Waals surface area contributed by atoms with E-state index in [-0.39, 0.29) is 0 Å². The van der Waals surface area contributed by atoms with Crippen molar-refractivity contribution in [2.75, 3.05) is 9.80 Å². The molecule has 0 unspecified atom stereocenters. The number of hydrogen-bond donors (Lipinski definition) is 0. The van der Waals surface area contributed by atoms with Crippen molar-refractivity contribution in [1.29, 1.82) is 0 Å². The van der Waals surface area contributed by atoms with Crippen molar-refractivity contribution in [1.82, 2.24) is 0 Å². The molecule has 0 aromatic heterocycles. The summed E-state index contributed by atoms with van der Waals surface area (Å²) in [6.45, 7) is 8.52. The Morgan fingerprint density at radius 1 is 0.315 bits per heavy atom. The summed E-state index contributed by atoms with van der Waals surface area (Å²) in [5.41, 5.74) is 16.6. The second kappa shape index (κ2) is 15.1. The van der Waals surface area contributed by atoms with Crippen LogP contribution in [-0.4, -0.2) is 0 Å². The highest BCUT2D eigenvalue weighted by molar-refractivity contribution is 6.02. The molecule has 2 heteroatoms. The van der Waals surface area contributed by atoms with E-state index < -0.39 is 0 Å². The summed E-state index contributed by atoms with van der Waals surface area (Å²) in [6.07, 6.45) is 4.45. The second-order valence-corrected chi connectivity index (χ2v) is 14.2. The number of aryl methyl sites for hydroxylation is 4. The highest BCUT2D eigenvalue weighted by atomic mass is 15.1. The van der Waals surface area contributed by atoms with Crippen molar-refractivity contribution in [3.05, 3.63) is 215 Å². The molecule has 0 aliphatic rings. The molecule has 0 aliphatic carbocycles. The van der Waals surface area contributed by atoms with Gasteiger partial charge in [0.05, 0.1) is 0 Å². The molecule has 54 heavy (non-hydrogen) atoms. The summed E-state index contributed by atoms with van der Waals surface area (Å²) in [6, 6.07) is 66.0. The van der Waals surface area contributed by atoms with Gasteiger partial charge in [-0.15, -0.1) is 0 Å². The van der Waals surface area contributed by atoms with E-state index in [0.717, 1.165) is 39.7 Å².